The van der Waals surface area contributed by atoms with E-state index in [9.17, 15) is 0 Å². The smallest absolute Gasteiger partial charge is 0.0237 e. The van der Waals surface area contributed by atoms with Gasteiger partial charge in [0, 0.05) is 19.6 Å². The highest BCUT2D eigenvalue weighted by molar-refractivity contribution is 5.15. The minimum Gasteiger partial charge on any atom is -0.295 e. The van der Waals surface area contributed by atoms with Crippen molar-refractivity contribution in [3.8, 4) is 0 Å². The number of nitrogens with zero attached hydrogens (tertiary/aromatic N) is 1. The van der Waals surface area contributed by atoms with Gasteiger partial charge in [0.2, 0.25) is 0 Å². The molecule has 0 fully saturated rings. The Morgan fingerprint density at radius 3 is 2.78 bits per heavy atom. The van der Waals surface area contributed by atoms with Gasteiger partial charge in [0.05, 0.1) is 0 Å². The van der Waals surface area contributed by atoms with Gasteiger partial charge >= 0.3 is 0 Å². The van der Waals surface area contributed by atoms with Crippen LogP contribution in [-0.4, -0.2) is 18.0 Å². The summed E-state index contributed by atoms with van der Waals surface area (Å²) in [7, 11) is 0. The van der Waals surface area contributed by atoms with Crippen LogP contribution in [0.25, 0.3) is 0 Å². The molecule has 1 aromatic carbocycles. The average molecular weight is 243 g/mol. The van der Waals surface area contributed by atoms with Gasteiger partial charge in [-0.2, -0.15) is 0 Å². The summed E-state index contributed by atoms with van der Waals surface area (Å²) in [5.41, 5.74) is 1.43. The first-order valence-electron chi connectivity index (χ1n) is 7.31. The maximum atomic E-state index is 2.56. The van der Waals surface area contributed by atoms with E-state index in [-0.39, 0.29) is 0 Å². The Morgan fingerprint density at radius 2 is 2.00 bits per heavy atom. The molecule has 1 heteroatoms. The van der Waals surface area contributed by atoms with Crippen molar-refractivity contribution in [2.75, 3.05) is 13.1 Å². The van der Waals surface area contributed by atoms with Gasteiger partial charge in [0.15, 0.2) is 0 Å². The van der Waals surface area contributed by atoms with Crippen molar-refractivity contribution in [3.63, 3.8) is 0 Å². The van der Waals surface area contributed by atoms with Gasteiger partial charge in [0.1, 0.15) is 0 Å². The van der Waals surface area contributed by atoms with Gasteiger partial charge in [-0.05, 0) is 17.9 Å². The molecule has 1 nitrogen and oxygen atoms in total. The van der Waals surface area contributed by atoms with Gasteiger partial charge in [0.25, 0.3) is 0 Å². The number of benzene rings is 1. The maximum Gasteiger partial charge on any atom is 0.0237 e. The van der Waals surface area contributed by atoms with Crippen LogP contribution in [0.1, 0.15) is 38.2 Å². The minimum absolute atomic E-state index is 0.772. The molecule has 0 N–H and O–H groups in total. The molecule has 1 aliphatic heterocycles. The highest BCUT2D eigenvalue weighted by Crippen LogP contribution is 2.18. The molecule has 0 saturated heterocycles. The lowest BCUT2D eigenvalue weighted by molar-refractivity contribution is 0.243. The van der Waals surface area contributed by atoms with E-state index in [4.69, 9.17) is 0 Å². The van der Waals surface area contributed by atoms with Crippen molar-refractivity contribution in [2.24, 2.45) is 5.92 Å². The number of hydrogen-bond acceptors (Lipinski definition) is 1. The lowest BCUT2D eigenvalue weighted by Gasteiger charge is -2.28. The van der Waals surface area contributed by atoms with Gasteiger partial charge in [-0.1, -0.05) is 68.7 Å². The van der Waals surface area contributed by atoms with Gasteiger partial charge in [-0.25, -0.2) is 0 Å². The minimum atomic E-state index is 0.772. The largest absolute Gasteiger partial charge is 0.295 e. The van der Waals surface area contributed by atoms with E-state index in [1.165, 1.54) is 37.8 Å². The number of hydrogen-bond donors (Lipinski definition) is 0. The fourth-order valence-corrected chi connectivity index (χ4v) is 2.68. The summed E-state index contributed by atoms with van der Waals surface area (Å²) < 4.78 is 0. The normalized spacial score (nSPS) is 20.2. The van der Waals surface area contributed by atoms with Gasteiger partial charge in [-0.3, -0.25) is 4.90 Å². The quantitative estimate of drug-likeness (QED) is 0.533. The third-order valence-electron chi connectivity index (χ3n) is 3.69. The molecule has 0 amide bonds. The molecule has 2 rings (SSSR count). The van der Waals surface area contributed by atoms with Crippen LogP contribution in [0, 0.1) is 5.92 Å². The molecule has 98 valence electrons. The second kappa shape index (κ2) is 7.38. The summed E-state index contributed by atoms with van der Waals surface area (Å²) in [4.78, 5) is 2.56. The zero-order valence-corrected chi connectivity index (χ0v) is 11.5. The van der Waals surface area contributed by atoms with Crippen molar-refractivity contribution >= 4 is 0 Å². The summed E-state index contributed by atoms with van der Waals surface area (Å²) in [6.45, 7) is 5.71. The zero-order chi connectivity index (χ0) is 12.6. The molecular formula is C17H25N. The van der Waals surface area contributed by atoms with Crippen LogP contribution in [0.2, 0.25) is 0 Å². The van der Waals surface area contributed by atoms with Crippen molar-refractivity contribution in [1.29, 1.82) is 0 Å². The van der Waals surface area contributed by atoms with Crippen LogP contribution >= 0.6 is 0 Å². The highest BCUT2D eigenvalue weighted by Gasteiger charge is 2.15. The second-order valence-electron chi connectivity index (χ2n) is 5.36. The summed E-state index contributed by atoms with van der Waals surface area (Å²) in [6, 6.07) is 10.8. The van der Waals surface area contributed by atoms with E-state index >= 15 is 0 Å². The van der Waals surface area contributed by atoms with E-state index in [1.54, 1.807) is 0 Å². The van der Waals surface area contributed by atoms with Crippen molar-refractivity contribution in [2.45, 2.75) is 39.2 Å². The van der Waals surface area contributed by atoms with E-state index in [0.717, 1.165) is 19.0 Å². The number of rotatable bonds is 6. The third-order valence-corrected chi connectivity index (χ3v) is 3.69. The van der Waals surface area contributed by atoms with Crippen LogP contribution in [0.5, 0.6) is 0 Å². The Hall–Kier alpha value is -1.08. The Bertz CT molecular complexity index is 355. The molecule has 0 aliphatic carbocycles. The SMILES string of the molecule is CCCCCC1C=CCN(Cc2ccccc2)C1. The predicted octanol–water partition coefficient (Wildman–Crippen LogP) is 4.25. The molecule has 0 aromatic heterocycles. The number of unbranched alkanes of at least 4 members (excludes halogenated alkanes) is 2. The highest BCUT2D eigenvalue weighted by atomic mass is 15.1. The van der Waals surface area contributed by atoms with Crippen LogP contribution in [0.4, 0.5) is 0 Å². The summed E-state index contributed by atoms with van der Waals surface area (Å²) in [5, 5.41) is 0. The summed E-state index contributed by atoms with van der Waals surface area (Å²) in [6.07, 6.45) is 10.2. The molecule has 0 bridgehead atoms. The predicted molar refractivity (Wildman–Crippen MR) is 78.5 cm³/mol. The maximum absolute atomic E-state index is 2.56. The fourth-order valence-electron chi connectivity index (χ4n) is 2.68. The monoisotopic (exact) mass is 243 g/mol. The second-order valence-corrected chi connectivity index (χ2v) is 5.36. The first-order chi connectivity index (χ1) is 8.88. The van der Waals surface area contributed by atoms with E-state index in [1.807, 2.05) is 0 Å². The first kappa shape index (κ1) is 13.4. The zero-order valence-electron chi connectivity index (χ0n) is 11.5. The molecule has 1 aromatic rings. The molecule has 1 heterocycles. The fraction of sp³-hybridized carbons (Fsp3) is 0.529. The molecule has 0 saturated carbocycles. The lowest BCUT2D eigenvalue weighted by atomic mass is 9.97. The van der Waals surface area contributed by atoms with E-state index in [2.05, 4.69) is 54.3 Å². The van der Waals surface area contributed by atoms with E-state index < -0.39 is 0 Å². The van der Waals surface area contributed by atoms with Crippen molar-refractivity contribution < 1.29 is 0 Å². The summed E-state index contributed by atoms with van der Waals surface area (Å²) >= 11 is 0. The molecule has 1 aliphatic rings. The molecular weight excluding hydrogens is 218 g/mol. The Balaban J connectivity index is 1.79. The molecule has 1 unspecified atom stereocenters. The van der Waals surface area contributed by atoms with E-state index in [0.29, 0.717) is 0 Å². The average Bonchev–Trinajstić information content (AvgIpc) is 2.41. The van der Waals surface area contributed by atoms with Crippen molar-refractivity contribution in [3.05, 3.63) is 48.0 Å². The lowest BCUT2D eigenvalue weighted by Crippen LogP contribution is -2.31. The van der Waals surface area contributed by atoms with Crippen LogP contribution in [0.3, 0.4) is 0 Å². The molecule has 1 atom stereocenters. The van der Waals surface area contributed by atoms with Gasteiger partial charge < -0.3 is 0 Å². The Morgan fingerprint density at radius 1 is 1.17 bits per heavy atom. The van der Waals surface area contributed by atoms with Crippen LogP contribution < -0.4 is 0 Å². The summed E-state index contributed by atoms with van der Waals surface area (Å²) in [5.74, 6) is 0.772. The molecule has 0 radical (unpaired) electrons. The molecule has 18 heavy (non-hydrogen) atoms. The Kier molecular flexibility index (Phi) is 5.47. The van der Waals surface area contributed by atoms with Crippen LogP contribution in [0.15, 0.2) is 42.5 Å². The standard InChI is InChI=1S/C17H25N/c1-2-3-5-9-17-12-8-13-18(15-17)14-16-10-6-4-7-11-16/h4,6-8,10-12,17H,2-3,5,9,13-15H2,1H3. The molecule has 0 spiro atoms. The van der Waals surface area contributed by atoms with Gasteiger partial charge in [-0.15, -0.1) is 0 Å². The topological polar surface area (TPSA) is 3.24 Å². The van der Waals surface area contributed by atoms with Crippen LogP contribution in [-0.2, 0) is 6.54 Å². The third kappa shape index (κ3) is 4.30. The first-order valence-corrected chi connectivity index (χ1v) is 7.31. The van der Waals surface area contributed by atoms with Crippen molar-refractivity contribution in [1.82, 2.24) is 4.90 Å². The Labute approximate surface area is 112 Å².